The molecule has 0 radical (unpaired) electrons. The van der Waals surface area contributed by atoms with Gasteiger partial charge in [-0.15, -0.1) is 0 Å². The van der Waals surface area contributed by atoms with Gasteiger partial charge in [-0.1, -0.05) is 25.0 Å². The molecule has 0 saturated heterocycles. The summed E-state index contributed by atoms with van der Waals surface area (Å²) < 4.78 is 26.3. The molecule has 0 bridgehead atoms. The zero-order valence-electron chi connectivity index (χ0n) is 15.8. The molecule has 1 amide bonds. The van der Waals surface area contributed by atoms with E-state index < -0.39 is 10.0 Å². The molecule has 1 aliphatic rings. The SMILES string of the molecule is CCCCN(C)S(=O)(=O)c1ccc(C(=O)NCCC2=CCCCC2)cc1. The van der Waals surface area contributed by atoms with Crippen LogP contribution in [-0.2, 0) is 10.0 Å². The highest BCUT2D eigenvalue weighted by atomic mass is 32.2. The van der Waals surface area contributed by atoms with Crippen LogP contribution in [0.4, 0.5) is 0 Å². The number of hydrogen-bond acceptors (Lipinski definition) is 3. The van der Waals surface area contributed by atoms with Crippen molar-refractivity contribution in [3.8, 4) is 0 Å². The third-order valence-corrected chi connectivity index (χ3v) is 6.64. The molecule has 0 atom stereocenters. The Morgan fingerprint density at radius 2 is 1.92 bits per heavy atom. The number of hydrogen-bond donors (Lipinski definition) is 1. The maximum atomic E-state index is 12.5. The Kier molecular flexibility index (Phi) is 7.85. The zero-order valence-corrected chi connectivity index (χ0v) is 16.6. The van der Waals surface area contributed by atoms with E-state index in [0.29, 0.717) is 18.7 Å². The van der Waals surface area contributed by atoms with Crippen molar-refractivity contribution >= 4 is 15.9 Å². The van der Waals surface area contributed by atoms with Gasteiger partial charge in [-0.2, -0.15) is 0 Å². The number of allylic oxidation sites excluding steroid dienone is 1. The van der Waals surface area contributed by atoms with Crippen LogP contribution in [-0.4, -0.2) is 38.8 Å². The van der Waals surface area contributed by atoms with Gasteiger partial charge in [0.1, 0.15) is 0 Å². The molecule has 0 saturated carbocycles. The fourth-order valence-corrected chi connectivity index (χ4v) is 4.24. The highest BCUT2D eigenvalue weighted by molar-refractivity contribution is 7.89. The van der Waals surface area contributed by atoms with Gasteiger partial charge in [-0.3, -0.25) is 4.79 Å². The van der Waals surface area contributed by atoms with Crippen molar-refractivity contribution in [3.05, 3.63) is 41.5 Å². The van der Waals surface area contributed by atoms with E-state index in [9.17, 15) is 13.2 Å². The predicted octanol–water partition coefficient (Wildman–Crippen LogP) is 3.73. The van der Waals surface area contributed by atoms with Crippen molar-refractivity contribution in [1.29, 1.82) is 0 Å². The Morgan fingerprint density at radius 3 is 2.54 bits per heavy atom. The van der Waals surface area contributed by atoms with E-state index in [0.717, 1.165) is 32.1 Å². The number of nitrogens with one attached hydrogen (secondary N) is 1. The number of carbonyl (C=O) groups excluding carboxylic acids is 1. The summed E-state index contributed by atoms with van der Waals surface area (Å²) in [6.45, 7) is 3.14. The number of nitrogens with zero attached hydrogens (tertiary/aromatic N) is 1. The van der Waals surface area contributed by atoms with Crippen molar-refractivity contribution in [2.45, 2.75) is 56.8 Å². The lowest BCUT2D eigenvalue weighted by Crippen LogP contribution is -2.28. The smallest absolute Gasteiger partial charge is 0.251 e. The molecule has 144 valence electrons. The Balaban J connectivity index is 1.91. The summed E-state index contributed by atoms with van der Waals surface area (Å²) in [6, 6.07) is 6.18. The van der Waals surface area contributed by atoms with Gasteiger partial charge in [0.2, 0.25) is 10.0 Å². The molecule has 0 fully saturated rings. The molecular weight excluding hydrogens is 348 g/mol. The third kappa shape index (κ3) is 5.68. The number of carbonyl (C=O) groups is 1. The first kappa shape index (κ1) is 20.6. The number of rotatable bonds is 9. The maximum absolute atomic E-state index is 12.5. The van der Waals surface area contributed by atoms with E-state index in [1.54, 1.807) is 19.2 Å². The largest absolute Gasteiger partial charge is 0.352 e. The lowest BCUT2D eigenvalue weighted by molar-refractivity contribution is 0.0954. The molecule has 0 aromatic heterocycles. The van der Waals surface area contributed by atoms with E-state index >= 15 is 0 Å². The number of benzene rings is 1. The van der Waals surface area contributed by atoms with Crippen molar-refractivity contribution in [2.24, 2.45) is 0 Å². The van der Waals surface area contributed by atoms with Gasteiger partial charge in [0.05, 0.1) is 4.90 Å². The minimum Gasteiger partial charge on any atom is -0.352 e. The molecule has 1 aliphatic carbocycles. The van der Waals surface area contributed by atoms with Gasteiger partial charge >= 0.3 is 0 Å². The van der Waals surface area contributed by atoms with Crippen molar-refractivity contribution in [3.63, 3.8) is 0 Å². The summed E-state index contributed by atoms with van der Waals surface area (Å²) in [7, 11) is -1.90. The molecule has 26 heavy (non-hydrogen) atoms. The van der Waals surface area contributed by atoms with Crippen LogP contribution < -0.4 is 5.32 Å². The van der Waals surface area contributed by atoms with E-state index in [-0.39, 0.29) is 10.8 Å². The van der Waals surface area contributed by atoms with Gasteiger partial charge in [-0.05, 0) is 62.8 Å². The summed E-state index contributed by atoms with van der Waals surface area (Å²) in [6.07, 6.45) is 9.72. The van der Waals surface area contributed by atoms with E-state index in [4.69, 9.17) is 0 Å². The molecular formula is C20H30N2O3S. The summed E-state index contributed by atoms with van der Waals surface area (Å²) in [4.78, 5) is 12.5. The molecule has 6 heteroatoms. The van der Waals surface area contributed by atoms with Crippen molar-refractivity contribution < 1.29 is 13.2 Å². The monoisotopic (exact) mass is 378 g/mol. The van der Waals surface area contributed by atoms with Crippen molar-refractivity contribution in [2.75, 3.05) is 20.1 Å². The summed E-state index contributed by atoms with van der Waals surface area (Å²) in [5, 5.41) is 2.92. The molecule has 5 nitrogen and oxygen atoms in total. The fourth-order valence-electron chi connectivity index (χ4n) is 3.03. The minimum absolute atomic E-state index is 0.162. The normalized spacial score (nSPS) is 15.0. The van der Waals surface area contributed by atoms with Crippen LogP contribution >= 0.6 is 0 Å². The molecule has 0 spiro atoms. The van der Waals surface area contributed by atoms with Crippen LogP contribution in [0.1, 0.15) is 62.2 Å². The van der Waals surface area contributed by atoms with Gasteiger partial charge < -0.3 is 5.32 Å². The van der Waals surface area contributed by atoms with Gasteiger partial charge in [0.25, 0.3) is 5.91 Å². The molecule has 1 N–H and O–H groups in total. The standard InChI is InChI=1S/C20H30N2O3S/c1-3-4-16-22(2)26(24,25)19-12-10-18(11-13-19)20(23)21-15-14-17-8-6-5-7-9-17/h8,10-13H,3-7,9,14-16H2,1-2H3,(H,21,23). The van der Waals surface area contributed by atoms with Crippen LogP contribution in [0.3, 0.4) is 0 Å². The number of sulfonamides is 1. The van der Waals surface area contributed by atoms with Crippen LogP contribution in [0.2, 0.25) is 0 Å². The quantitative estimate of drug-likeness (QED) is 0.666. The average Bonchev–Trinajstić information content (AvgIpc) is 2.66. The highest BCUT2D eigenvalue weighted by Gasteiger charge is 2.20. The van der Waals surface area contributed by atoms with Crippen LogP contribution in [0.25, 0.3) is 0 Å². The molecule has 2 rings (SSSR count). The predicted molar refractivity (Wildman–Crippen MR) is 105 cm³/mol. The Bertz CT molecular complexity index is 724. The lowest BCUT2D eigenvalue weighted by atomic mass is 9.97. The molecule has 0 heterocycles. The molecule has 1 aromatic rings. The van der Waals surface area contributed by atoms with Gasteiger partial charge in [0, 0.05) is 25.7 Å². The lowest BCUT2D eigenvalue weighted by Gasteiger charge is -2.17. The Labute approximate surface area is 157 Å². The van der Waals surface area contributed by atoms with E-state index in [1.165, 1.54) is 34.9 Å². The molecule has 0 aliphatic heterocycles. The van der Waals surface area contributed by atoms with Crippen LogP contribution in [0, 0.1) is 0 Å². The number of unbranched alkanes of at least 4 members (excludes halogenated alkanes) is 1. The van der Waals surface area contributed by atoms with Gasteiger partial charge in [-0.25, -0.2) is 12.7 Å². The second-order valence-electron chi connectivity index (χ2n) is 6.82. The Morgan fingerprint density at radius 1 is 1.19 bits per heavy atom. The first-order valence-corrected chi connectivity index (χ1v) is 10.9. The third-order valence-electron chi connectivity index (χ3n) is 4.77. The first-order valence-electron chi connectivity index (χ1n) is 9.47. The number of amides is 1. The summed E-state index contributed by atoms with van der Waals surface area (Å²) in [5.41, 5.74) is 1.91. The molecule has 1 aromatic carbocycles. The second-order valence-corrected chi connectivity index (χ2v) is 8.86. The topological polar surface area (TPSA) is 66.5 Å². The highest BCUT2D eigenvalue weighted by Crippen LogP contribution is 2.19. The second kappa shape index (κ2) is 9.88. The maximum Gasteiger partial charge on any atom is 0.251 e. The van der Waals surface area contributed by atoms with E-state index in [1.807, 2.05) is 6.92 Å². The van der Waals surface area contributed by atoms with Crippen LogP contribution in [0.5, 0.6) is 0 Å². The fraction of sp³-hybridized carbons (Fsp3) is 0.550. The van der Waals surface area contributed by atoms with Crippen molar-refractivity contribution in [1.82, 2.24) is 9.62 Å². The summed E-state index contributed by atoms with van der Waals surface area (Å²) in [5.74, 6) is -0.162. The summed E-state index contributed by atoms with van der Waals surface area (Å²) >= 11 is 0. The minimum atomic E-state index is -3.49. The molecule has 0 unspecified atom stereocenters. The average molecular weight is 379 g/mol. The van der Waals surface area contributed by atoms with Gasteiger partial charge in [0.15, 0.2) is 0 Å². The Hall–Kier alpha value is -1.66. The van der Waals surface area contributed by atoms with E-state index in [2.05, 4.69) is 11.4 Å². The zero-order chi connectivity index (χ0) is 19.0. The first-order chi connectivity index (χ1) is 12.4. The van der Waals surface area contributed by atoms with Crippen LogP contribution in [0.15, 0.2) is 40.8 Å².